The van der Waals surface area contributed by atoms with E-state index in [0.717, 1.165) is 22.0 Å². The van der Waals surface area contributed by atoms with Crippen LogP contribution in [0.5, 0.6) is 17.4 Å². The molecule has 44 heavy (non-hydrogen) atoms. The average molecular weight is 592 g/mol. The van der Waals surface area contributed by atoms with Crippen molar-refractivity contribution in [1.29, 1.82) is 0 Å². The molecule has 0 saturated carbocycles. The number of amides is 2. The second-order valence-electron chi connectivity index (χ2n) is 10.9. The minimum absolute atomic E-state index is 0.208. The molecule has 0 fully saturated rings. The summed E-state index contributed by atoms with van der Waals surface area (Å²) in [5.74, 6) is 0.950. The van der Waals surface area contributed by atoms with Crippen molar-refractivity contribution in [1.82, 2.24) is 9.97 Å². The zero-order chi connectivity index (χ0) is 31.3. The van der Waals surface area contributed by atoms with Crippen molar-refractivity contribution in [3.63, 3.8) is 0 Å². The number of benzene rings is 4. The van der Waals surface area contributed by atoms with Crippen molar-refractivity contribution in [2.75, 3.05) is 30.2 Å². The Kier molecular flexibility index (Phi) is 8.61. The van der Waals surface area contributed by atoms with E-state index in [9.17, 15) is 9.59 Å². The highest BCUT2D eigenvalue weighted by molar-refractivity contribution is 6.08. The highest BCUT2D eigenvalue weighted by atomic mass is 16.5. The molecule has 0 aliphatic rings. The summed E-state index contributed by atoms with van der Waals surface area (Å²) in [6, 6.07) is 25.3. The Balaban J connectivity index is 1.40. The molecule has 0 radical (unpaired) electrons. The maximum Gasteiger partial charge on any atom is 0.341 e. The maximum absolute atomic E-state index is 13.3. The minimum atomic E-state index is -0.565. The van der Waals surface area contributed by atoms with Crippen LogP contribution in [0.3, 0.4) is 0 Å². The van der Waals surface area contributed by atoms with E-state index < -0.39 is 12.0 Å². The van der Waals surface area contributed by atoms with Crippen LogP contribution >= 0.6 is 0 Å². The van der Waals surface area contributed by atoms with E-state index in [-0.39, 0.29) is 16.7 Å². The van der Waals surface area contributed by atoms with E-state index in [1.54, 1.807) is 36.5 Å². The van der Waals surface area contributed by atoms with Gasteiger partial charge in [-0.3, -0.25) is 0 Å². The standard InChI is InChI=1S/C34H33N5O5/c1-34(2,3)21-19-25(31(40)43-5)30(42-4)27(20-21)38-33(41)37-26-15-16-28(24-14-10-9-13-23(24)26)44-29-17-18-35-32(39-29)36-22-11-7-6-8-12-22/h6-20H,1-5H3,(H,35,36,39)(H2,37,38,41). The Bertz CT molecular complexity index is 1820. The second kappa shape index (κ2) is 12.7. The number of nitrogens with one attached hydrogen (secondary N) is 3. The summed E-state index contributed by atoms with van der Waals surface area (Å²) >= 11 is 0. The first-order chi connectivity index (χ1) is 21.2. The quantitative estimate of drug-likeness (QED) is 0.156. The van der Waals surface area contributed by atoms with Gasteiger partial charge in [-0.15, -0.1) is 0 Å². The molecule has 5 aromatic rings. The lowest BCUT2D eigenvalue weighted by Gasteiger charge is -2.23. The van der Waals surface area contributed by atoms with Gasteiger partial charge in [0.15, 0.2) is 5.75 Å². The topological polar surface area (TPSA) is 124 Å². The summed E-state index contributed by atoms with van der Waals surface area (Å²) in [5, 5.41) is 10.4. The van der Waals surface area contributed by atoms with Crippen LogP contribution in [0, 0.1) is 0 Å². The second-order valence-corrected chi connectivity index (χ2v) is 10.9. The van der Waals surface area contributed by atoms with E-state index in [1.807, 2.05) is 75.4 Å². The molecule has 0 unspecified atom stereocenters. The molecular weight excluding hydrogens is 558 g/mol. The van der Waals surface area contributed by atoms with Gasteiger partial charge < -0.3 is 30.2 Å². The molecule has 0 atom stereocenters. The Morgan fingerprint density at radius 3 is 2.20 bits per heavy atom. The van der Waals surface area contributed by atoms with Crippen LogP contribution in [-0.2, 0) is 10.2 Å². The molecule has 0 saturated heterocycles. The van der Waals surface area contributed by atoms with Gasteiger partial charge in [-0.25, -0.2) is 14.6 Å². The molecule has 0 spiro atoms. The summed E-state index contributed by atoms with van der Waals surface area (Å²) in [7, 11) is 2.74. The van der Waals surface area contributed by atoms with Gasteiger partial charge >= 0.3 is 12.0 Å². The zero-order valence-corrected chi connectivity index (χ0v) is 25.1. The molecule has 1 heterocycles. The van der Waals surface area contributed by atoms with Crippen LogP contribution in [0.1, 0.15) is 36.7 Å². The van der Waals surface area contributed by atoms with Crippen LogP contribution in [0.15, 0.2) is 91.1 Å². The molecule has 4 aromatic carbocycles. The summed E-state index contributed by atoms with van der Waals surface area (Å²) in [5.41, 5.74) is 2.48. The molecule has 2 amide bonds. The van der Waals surface area contributed by atoms with E-state index in [0.29, 0.717) is 29.0 Å². The number of fused-ring (bicyclic) bond motifs is 1. The number of nitrogens with zero attached hydrogens (tertiary/aromatic N) is 2. The largest absolute Gasteiger partial charge is 0.494 e. The fourth-order valence-corrected chi connectivity index (χ4v) is 4.60. The Morgan fingerprint density at radius 1 is 0.795 bits per heavy atom. The van der Waals surface area contributed by atoms with Crippen molar-refractivity contribution in [2.45, 2.75) is 26.2 Å². The van der Waals surface area contributed by atoms with Crippen molar-refractivity contribution in [3.8, 4) is 17.4 Å². The first kappa shape index (κ1) is 29.8. The van der Waals surface area contributed by atoms with Crippen LogP contribution in [0.2, 0.25) is 0 Å². The third kappa shape index (κ3) is 6.70. The number of esters is 1. The van der Waals surface area contributed by atoms with E-state index >= 15 is 0 Å². The lowest BCUT2D eigenvalue weighted by molar-refractivity contribution is 0.0597. The first-order valence-electron chi connectivity index (χ1n) is 13.9. The number of methoxy groups -OCH3 is 2. The number of rotatable bonds is 8. The molecule has 1 aromatic heterocycles. The third-order valence-electron chi connectivity index (χ3n) is 6.82. The van der Waals surface area contributed by atoms with Gasteiger partial charge in [-0.2, -0.15) is 4.98 Å². The van der Waals surface area contributed by atoms with E-state index in [2.05, 4.69) is 25.9 Å². The Hall–Kier alpha value is -5.64. The number of hydrogen-bond donors (Lipinski definition) is 3. The van der Waals surface area contributed by atoms with Gasteiger partial charge in [0.1, 0.15) is 11.3 Å². The number of carbonyl (C=O) groups is 2. The van der Waals surface area contributed by atoms with Crippen LogP contribution in [0.4, 0.5) is 27.8 Å². The summed E-state index contributed by atoms with van der Waals surface area (Å²) in [6.07, 6.45) is 1.62. The predicted octanol–water partition coefficient (Wildman–Crippen LogP) is 7.90. The fourth-order valence-electron chi connectivity index (χ4n) is 4.60. The summed E-state index contributed by atoms with van der Waals surface area (Å²) < 4.78 is 16.7. The summed E-state index contributed by atoms with van der Waals surface area (Å²) in [6.45, 7) is 6.03. The smallest absolute Gasteiger partial charge is 0.341 e. The third-order valence-corrected chi connectivity index (χ3v) is 6.82. The SMILES string of the molecule is COC(=O)c1cc(C(C)(C)C)cc(NC(=O)Nc2ccc(Oc3ccnc(Nc4ccccc4)n3)c3ccccc23)c1OC. The number of urea groups is 1. The van der Waals surface area contributed by atoms with E-state index in [1.165, 1.54) is 14.2 Å². The van der Waals surface area contributed by atoms with Crippen LogP contribution in [-0.4, -0.2) is 36.2 Å². The molecule has 0 aliphatic heterocycles. The van der Waals surface area contributed by atoms with Gasteiger partial charge in [0.25, 0.3) is 0 Å². The highest BCUT2D eigenvalue weighted by Gasteiger charge is 2.24. The molecule has 10 heteroatoms. The molecule has 224 valence electrons. The number of carbonyl (C=O) groups excluding carboxylic acids is 2. The molecule has 0 bridgehead atoms. The van der Waals surface area contributed by atoms with E-state index in [4.69, 9.17) is 14.2 Å². The van der Waals surface area contributed by atoms with Crippen molar-refractivity contribution in [2.24, 2.45) is 0 Å². The van der Waals surface area contributed by atoms with Crippen LogP contribution < -0.4 is 25.4 Å². The number of ether oxygens (including phenoxy) is 3. The van der Waals surface area contributed by atoms with Crippen molar-refractivity contribution in [3.05, 3.63) is 102 Å². The van der Waals surface area contributed by atoms with Crippen LogP contribution in [0.25, 0.3) is 10.8 Å². The highest BCUT2D eigenvalue weighted by Crippen LogP contribution is 2.37. The normalized spacial score (nSPS) is 11.0. The molecular formula is C34H33N5O5. The first-order valence-corrected chi connectivity index (χ1v) is 13.9. The molecule has 0 aliphatic carbocycles. The maximum atomic E-state index is 13.3. The van der Waals surface area contributed by atoms with Gasteiger partial charge in [0, 0.05) is 28.7 Å². The van der Waals surface area contributed by atoms with Gasteiger partial charge in [0.2, 0.25) is 11.8 Å². The zero-order valence-electron chi connectivity index (χ0n) is 25.1. The number of aromatic nitrogens is 2. The lowest BCUT2D eigenvalue weighted by atomic mass is 9.85. The predicted molar refractivity (Wildman–Crippen MR) is 171 cm³/mol. The van der Waals surface area contributed by atoms with Gasteiger partial charge in [-0.05, 0) is 47.4 Å². The molecule has 5 rings (SSSR count). The lowest BCUT2D eigenvalue weighted by Crippen LogP contribution is -2.22. The number of para-hydroxylation sites is 1. The van der Waals surface area contributed by atoms with Gasteiger partial charge in [0.05, 0.1) is 25.6 Å². The minimum Gasteiger partial charge on any atom is -0.494 e. The number of hydrogen-bond acceptors (Lipinski definition) is 8. The fraction of sp³-hybridized carbons (Fsp3) is 0.176. The Labute approximate surface area is 255 Å². The Morgan fingerprint density at radius 2 is 1.50 bits per heavy atom. The number of anilines is 4. The van der Waals surface area contributed by atoms with Crippen molar-refractivity contribution >= 4 is 45.8 Å². The molecule has 3 N–H and O–H groups in total. The molecule has 10 nitrogen and oxygen atoms in total. The summed E-state index contributed by atoms with van der Waals surface area (Å²) in [4.78, 5) is 34.6. The van der Waals surface area contributed by atoms with Crippen molar-refractivity contribution < 1.29 is 23.8 Å². The monoisotopic (exact) mass is 591 g/mol. The average Bonchev–Trinajstić information content (AvgIpc) is 3.01. The van der Waals surface area contributed by atoms with Gasteiger partial charge in [-0.1, -0.05) is 63.2 Å².